The number of ether oxygens (including phenoxy) is 1. The van der Waals surface area contributed by atoms with E-state index in [-0.39, 0.29) is 23.1 Å². The molecule has 3 N–H and O–H groups in total. The Kier molecular flexibility index (Phi) is 7.07. The van der Waals surface area contributed by atoms with Gasteiger partial charge in [-0.25, -0.2) is 18.8 Å². The predicted octanol–water partition coefficient (Wildman–Crippen LogP) is 2.48. The van der Waals surface area contributed by atoms with Crippen LogP contribution in [-0.2, 0) is 14.4 Å². The molecule has 0 fully saturated rings. The molecule has 2 aromatic rings. The molecule has 11 heteroatoms. The van der Waals surface area contributed by atoms with Crippen LogP contribution in [0.2, 0.25) is 0 Å². The first-order valence-corrected chi connectivity index (χ1v) is 10.2. The number of hydrazone groups is 1. The minimum atomic E-state index is -1.29. The summed E-state index contributed by atoms with van der Waals surface area (Å²) in [6.07, 6.45) is 0.795. The van der Waals surface area contributed by atoms with Crippen molar-refractivity contribution in [3.05, 3.63) is 71.3 Å². The van der Waals surface area contributed by atoms with Crippen LogP contribution < -0.4 is 11.1 Å². The summed E-state index contributed by atoms with van der Waals surface area (Å²) >= 11 is 1.03. The van der Waals surface area contributed by atoms with Gasteiger partial charge in [-0.15, -0.1) is 0 Å². The molecule has 3 rings (SSSR count). The summed E-state index contributed by atoms with van der Waals surface area (Å²) < 4.78 is 33.6. The first-order valence-electron chi connectivity index (χ1n) is 9.43. The van der Waals surface area contributed by atoms with Crippen molar-refractivity contribution in [1.82, 2.24) is 10.3 Å². The van der Waals surface area contributed by atoms with Gasteiger partial charge < -0.3 is 10.5 Å². The van der Waals surface area contributed by atoms with E-state index in [1.165, 1.54) is 7.11 Å². The number of nitriles is 1. The van der Waals surface area contributed by atoms with E-state index in [1.807, 2.05) is 0 Å². The SMILES string of the molecule is COC(C)C(=O)N1N=C(c2cc(F)ccc2F)SC1(CN=C(N)NC#N)c1ccccc1. The highest BCUT2D eigenvalue weighted by atomic mass is 32.2. The number of halogens is 2. The highest BCUT2D eigenvalue weighted by Crippen LogP contribution is 2.48. The molecule has 2 aromatic carbocycles. The van der Waals surface area contributed by atoms with E-state index in [9.17, 15) is 13.6 Å². The highest BCUT2D eigenvalue weighted by molar-refractivity contribution is 8.15. The minimum absolute atomic E-state index is 0.0875. The molecule has 8 nitrogen and oxygen atoms in total. The van der Waals surface area contributed by atoms with Gasteiger partial charge in [0.25, 0.3) is 5.91 Å². The van der Waals surface area contributed by atoms with Crippen molar-refractivity contribution in [1.29, 1.82) is 5.26 Å². The number of hydrogen-bond donors (Lipinski definition) is 2. The van der Waals surface area contributed by atoms with Crippen LogP contribution in [0, 0.1) is 23.1 Å². The standard InChI is InChI=1S/C21H20F2N6O2S/c1-13(31-2)19(30)29-21(11-26-20(25)27-12-24,14-6-4-3-5-7-14)32-18(28-29)16-10-15(22)8-9-17(16)23/h3-10,13H,11H2,1-2H3,(H3,25,26,27). The van der Waals surface area contributed by atoms with Crippen molar-refractivity contribution in [2.75, 3.05) is 13.7 Å². The molecule has 0 saturated heterocycles. The molecule has 1 amide bonds. The van der Waals surface area contributed by atoms with Gasteiger partial charge in [-0.05, 0) is 30.7 Å². The van der Waals surface area contributed by atoms with Crippen molar-refractivity contribution in [3.8, 4) is 6.19 Å². The number of nitrogens with zero attached hydrogens (tertiary/aromatic N) is 4. The van der Waals surface area contributed by atoms with Gasteiger partial charge in [0.2, 0.25) is 5.96 Å². The summed E-state index contributed by atoms with van der Waals surface area (Å²) in [4.78, 5) is 16.1. The lowest BCUT2D eigenvalue weighted by Gasteiger charge is -2.35. The maximum absolute atomic E-state index is 14.6. The van der Waals surface area contributed by atoms with E-state index in [2.05, 4.69) is 15.4 Å². The first kappa shape index (κ1) is 23.2. The topological polar surface area (TPSA) is 116 Å². The highest BCUT2D eigenvalue weighted by Gasteiger charge is 2.50. The fraction of sp³-hybridized carbons (Fsp3) is 0.238. The second kappa shape index (κ2) is 9.76. The fourth-order valence-electron chi connectivity index (χ4n) is 3.03. The Labute approximate surface area is 187 Å². The Morgan fingerprint density at radius 3 is 2.75 bits per heavy atom. The van der Waals surface area contributed by atoms with E-state index < -0.39 is 28.5 Å². The zero-order chi connectivity index (χ0) is 23.3. The van der Waals surface area contributed by atoms with Gasteiger partial charge in [0, 0.05) is 12.7 Å². The molecule has 0 saturated carbocycles. The van der Waals surface area contributed by atoms with E-state index in [4.69, 9.17) is 15.7 Å². The van der Waals surface area contributed by atoms with E-state index >= 15 is 0 Å². The van der Waals surface area contributed by atoms with Gasteiger partial charge in [-0.1, -0.05) is 42.1 Å². The van der Waals surface area contributed by atoms with Gasteiger partial charge in [-0.2, -0.15) is 10.4 Å². The average molecular weight is 458 g/mol. The van der Waals surface area contributed by atoms with Gasteiger partial charge in [0.1, 0.15) is 22.8 Å². The summed E-state index contributed by atoms with van der Waals surface area (Å²) in [5.41, 5.74) is 6.25. The second-order valence-electron chi connectivity index (χ2n) is 6.75. The number of rotatable bonds is 6. The molecule has 1 aliphatic rings. The number of guanidine groups is 1. The molecule has 0 spiro atoms. The van der Waals surface area contributed by atoms with E-state index in [1.54, 1.807) is 43.4 Å². The number of aliphatic imine (C=N–C) groups is 1. The Morgan fingerprint density at radius 2 is 2.09 bits per heavy atom. The Balaban J connectivity index is 2.18. The van der Waals surface area contributed by atoms with Crippen molar-refractivity contribution < 1.29 is 18.3 Å². The zero-order valence-corrected chi connectivity index (χ0v) is 18.1. The van der Waals surface area contributed by atoms with Crippen molar-refractivity contribution in [2.45, 2.75) is 17.9 Å². The molecule has 0 radical (unpaired) electrons. The Morgan fingerprint density at radius 1 is 1.38 bits per heavy atom. The van der Waals surface area contributed by atoms with Crippen LogP contribution in [0.4, 0.5) is 8.78 Å². The largest absolute Gasteiger partial charge is 0.372 e. The molecule has 2 unspecified atom stereocenters. The van der Waals surface area contributed by atoms with Crippen LogP contribution >= 0.6 is 11.8 Å². The number of hydrogen-bond acceptors (Lipinski definition) is 6. The third kappa shape index (κ3) is 4.56. The zero-order valence-electron chi connectivity index (χ0n) is 17.3. The molecule has 0 aliphatic carbocycles. The summed E-state index contributed by atoms with van der Waals surface area (Å²) in [5.74, 6) is -2.02. The van der Waals surface area contributed by atoms with Crippen LogP contribution in [-0.4, -0.2) is 41.7 Å². The third-order valence-corrected chi connectivity index (χ3v) is 6.11. The monoisotopic (exact) mass is 458 g/mol. The number of nitrogens with one attached hydrogen (secondary N) is 1. The summed E-state index contributed by atoms with van der Waals surface area (Å²) in [6, 6.07) is 11.8. The quantitative estimate of drug-likeness (QED) is 0.297. The smallest absolute Gasteiger partial charge is 0.273 e. The lowest BCUT2D eigenvalue weighted by Crippen LogP contribution is -2.48. The molecule has 166 valence electrons. The number of carbonyl (C=O) groups is 1. The minimum Gasteiger partial charge on any atom is -0.372 e. The average Bonchev–Trinajstić information content (AvgIpc) is 3.19. The van der Waals surface area contributed by atoms with Gasteiger partial charge in [0.05, 0.1) is 6.54 Å². The second-order valence-corrected chi connectivity index (χ2v) is 8.01. The Bertz CT molecular complexity index is 1110. The molecule has 0 bridgehead atoms. The normalized spacial score (nSPS) is 19.3. The summed E-state index contributed by atoms with van der Waals surface area (Å²) in [6.45, 7) is 1.42. The number of benzene rings is 2. The van der Waals surface area contributed by atoms with Crippen LogP contribution in [0.1, 0.15) is 18.1 Å². The van der Waals surface area contributed by atoms with Crippen molar-refractivity contribution in [2.24, 2.45) is 15.8 Å². The van der Waals surface area contributed by atoms with E-state index in [0.717, 1.165) is 35.0 Å². The third-order valence-electron chi connectivity index (χ3n) is 4.74. The molecule has 0 aromatic heterocycles. The molecule has 1 aliphatic heterocycles. The lowest BCUT2D eigenvalue weighted by atomic mass is 10.1. The Hall–Kier alpha value is -3.49. The van der Waals surface area contributed by atoms with Gasteiger partial charge in [0.15, 0.2) is 11.1 Å². The maximum Gasteiger partial charge on any atom is 0.273 e. The molecular weight excluding hydrogens is 438 g/mol. The fourth-order valence-corrected chi connectivity index (χ4v) is 4.33. The van der Waals surface area contributed by atoms with Crippen LogP contribution in [0.25, 0.3) is 0 Å². The van der Waals surface area contributed by atoms with Crippen molar-refractivity contribution in [3.63, 3.8) is 0 Å². The molecule has 1 heterocycles. The summed E-state index contributed by atoms with van der Waals surface area (Å²) in [7, 11) is 1.37. The lowest BCUT2D eigenvalue weighted by molar-refractivity contribution is -0.144. The van der Waals surface area contributed by atoms with Crippen molar-refractivity contribution >= 4 is 28.7 Å². The number of thioether (sulfide) groups is 1. The molecule has 32 heavy (non-hydrogen) atoms. The molecule has 2 atom stereocenters. The maximum atomic E-state index is 14.6. The van der Waals surface area contributed by atoms with Gasteiger partial charge >= 0.3 is 0 Å². The van der Waals surface area contributed by atoms with Crippen LogP contribution in [0.5, 0.6) is 0 Å². The molecular formula is C21H20F2N6O2S. The number of amides is 1. The van der Waals surface area contributed by atoms with Crippen LogP contribution in [0.15, 0.2) is 58.6 Å². The van der Waals surface area contributed by atoms with Gasteiger partial charge in [-0.3, -0.25) is 10.1 Å². The number of carbonyl (C=O) groups excluding carboxylic acids is 1. The van der Waals surface area contributed by atoms with E-state index in [0.29, 0.717) is 5.56 Å². The number of methoxy groups -OCH3 is 1. The first-order chi connectivity index (χ1) is 15.3. The summed E-state index contributed by atoms with van der Waals surface area (Å²) in [5, 5.41) is 16.6. The van der Waals surface area contributed by atoms with Crippen LogP contribution in [0.3, 0.4) is 0 Å². The predicted molar refractivity (Wildman–Crippen MR) is 117 cm³/mol. The number of nitrogens with two attached hydrogens (primary N) is 1.